The molecule has 1 heterocycles. The van der Waals surface area contributed by atoms with Crippen LogP contribution >= 0.6 is 0 Å². The third-order valence-electron chi connectivity index (χ3n) is 5.21. The van der Waals surface area contributed by atoms with Crippen LogP contribution < -0.4 is 0 Å². The normalized spacial score (nSPS) is 19.4. The largest absolute Gasteiger partial charge is 0.473 e. The van der Waals surface area contributed by atoms with Gasteiger partial charge in [0.15, 0.2) is 0 Å². The van der Waals surface area contributed by atoms with E-state index in [-0.39, 0.29) is 0 Å². The predicted octanol–water partition coefficient (Wildman–Crippen LogP) is 2.60. The number of carboxylic acid groups (broad SMARTS) is 2. The number of carboxylic acids is 2. The Balaban J connectivity index is 0.000000352. The van der Waals surface area contributed by atoms with Crippen LogP contribution in [0.25, 0.3) is 0 Å². The molecule has 0 radical (unpaired) electrons. The summed E-state index contributed by atoms with van der Waals surface area (Å²) in [5.74, 6) is -3.65. The van der Waals surface area contributed by atoms with Crippen molar-refractivity contribution in [3.05, 3.63) is 35.4 Å². The van der Waals surface area contributed by atoms with E-state index in [0.29, 0.717) is 0 Å². The van der Waals surface area contributed by atoms with Gasteiger partial charge in [-0.25, -0.2) is 9.59 Å². The fourth-order valence-corrected chi connectivity index (χ4v) is 3.68. The molecule has 0 bridgehead atoms. The van der Waals surface area contributed by atoms with E-state index in [9.17, 15) is 0 Å². The fraction of sp³-hybridized carbons (Fsp3) is 0.600. The van der Waals surface area contributed by atoms with Gasteiger partial charge in [-0.1, -0.05) is 49.1 Å². The summed E-state index contributed by atoms with van der Waals surface area (Å²) in [5, 5.41) is 14.8. The lowest BCUT2D eigenvalue weighted by Gasteiger charge is -2.40. The van der Waals surface area contributed by atoms with E-state index in [0.717, 1.165) is 12.6 Å². The summed E-state index contributed by atoms with van der Waals surface area (Å²) in [4.78, 5) is 23.6. The second-order valence-electron chi connectivity index (χ2n) is 7.20. The SMILES string of the molecule is Cc1ccc(CN2CCN(C3CCCCC3)CC2)cc1.O=C(O)C(=O)O. The van der Waals surface area contributed by atoms with Crippen molar-refractivity contribution in [1.82, 2.24) is 9.80 Å². The maximum Gasteiger partial charge on any atom is 0.414 e. The molecule has 2 aliphatic rings. The maximum absolute atomic E-state index is 9.10. The van der Waals surface area contributed by atoms with Crippen LogP contribution in [0.1, 0.15) is 43.2 Å². The molecule has 1 aliphatic carbocycles. The van der Waals surface area contributed by atoms with E-state index in [2.05, 4.69) is 41.0 Å². The van der Waals surface area contributed by atoms with Crippen molar-refractivity contribution in [3.8, 4) is 0 Å². The molecule has 3 rings (SSSR count). The van der Waals surface area contributed by atoms with Gasteiger partial charge in [-0.05, 0) is 25.3 Å². The van der Waals surface area contributed by atoms with Gasteiger partial charge in [0.1, 0.15) is 0 Å². The summed E-state index contributed by atoms with van der Waals surface area (Å²) in [6, 6.07) is 9.91. The summed E-state index contributed by atoms with van der Waals surface area (Å²) < 4.78 is 0. The predicted molar refractivity (Wildman–Crippen MR) is 100 cm³/mol. The van der Waals surface area contributed by atoms with E-state index in [4.69, 9.17) is 19.8 Å². The zero-order valence-corrected chi connectivity index (χ0v) is 15.6. The molecule has 0 spiro atoms. The van der Waals surface area contributed by atoms with Crippen LogP contribution in [0.15, 0.2) is 24.3 Å². The van der Waals surface area contributed by atoms with Gasteiger partial charge in [0.25, 0.3) is 0 Å². The number of piperazine rings is 1. The lowest BCUT2D eigenvalue weighted by atomic mass is 9.94. The van der Waals surface area contributed by atoms with Crippen LogP contribution in [0.2, 0.25) is 0 Å². The standard InChI is InChI=1S/C18H28N2.C2H2O4/c1-16-7-9-17(10-8-16)15-19-11-13-20(14-12-19)18-5-3-2-4-6-18;3-1(4)2(5)6/h7-10,18H,2-6,11-15H2,1H3;(H,3,4)(H,5,6). The summed E-state index contributed by atoms with van der Waals surface area (Å²) >= 11 is 0. The topological polar surface area (TPSA) is 81.1 Å². The molecule has 6 heteroatoms. The molecule has 6 nitrogen and oxygen atoms in total. The Morgan fingerprint density at radius 3 is 1.96 bits per heavy atom. The smallest absolute Gasteiger partial charge is 0.414 e. The van der Waals surface area contributed by atoms with Crippen molar-refractivity contribution in [2.75, 3.05) is 26.2 Å². The number of benzene rings is 1. The third kappa shape index (κ3) is 6.77. The minimum Gasteiger partial charge on any atom is -0.473 e. The van der Waals surface area contributed by atoms with E-state index in [1.165, 1.54) is 69.4 Å². The van der Waals surface area contributed by atoms with Crippen molar-refractivity contribution in [2.24, 2.45) is 0 Å². The first-order valence-electron chi connectivity index (χ1n) is 9.44. The molecular formula is C20H30N2O4. The molecule has 0 atom stereocenters. The fourth-order valence-electron chi connectivity index (χ4n) is 3.68. The Morgan fingerprint density at radius 2 is 1.46 bits per heavy atom. The monoisotopic (exact) mass is 362 g/mol. The molecule has 0 unspecified atom stereocenters. The molecule has 26 heavy (non-hydrogen) atoms. The van der Waals surface area contributed by atoms with E-state index in [1.807, 2.05) is 0 Å². The molecule has 0 amide bonds. The molecule has 1 saturated heterocycles. The van der Waals surface area contributed by atoms with Gasteiger partial charge >= 0.3 is 11.9 Å². The third-order valence-corrected chi connectivity index (χ3v) is 5.21. The van der Waals surface area contributed by atoms with Gasteiger partial charge in [0.05, 0.1) is 0 Å². The highest BCUT2D eigenvalue weighted by atomic mass is 16.4. The van der Waals surface area contributed by atoms with Gasteiger partial charge in [-0.2, -0.15) is 0 Å². The highest BCUT2D eigenvalue weighted by Gasteiger charge is 2.24. The molecule has 1 saturated carbocycles. The molecule has 1 aromatic carbocycles. The summed E-state index contributed by atoms with van der Waals surface area (Å²) in [5.41, 5.74) is 2.82. The quantitative estimate of drug-likeness (QED) is 0.805. The van der Waals surface area contributed by atoms with Crippen LogP contribution in [0, 0.1) is 6.92 Å². The molecule has 2 fully saturated rings. The van der Waals surface area contributed by atoms with Crippen molar-refractivity contribution >= 4 is 11.9 Å². The highest BCUT2D eigenvalue weighted by Crippen LogP contribution is 2.23. The number of hydrogen-bond donors (Lipinski definition) is 2. The van der Waals surface area contributed by atoms with E-state index >= 15 is 0 Å². The second-order valence-corrected chi connectivity index (χ2v) is 7.20. The lowest BCUT2D eigenvalue weighted by Crippen LogP contribution is -2.50. The molecule has 0 aromatic heterocycles. The number of hydrogen-bond acceptors (Lipinski definition) is 4. The summed E-state index contributed by atoms with van der Waals surface area (Å²) in [6.45, 7) is 8.31. The molecule has 1 aromatic rings. The van der Waals surface area contributed by atoms with Crippen LogP contribution in [0.5, 0.6) is 0 Å². The number of aryl methyl sites for hydroxylation is 1. The first kappa shape index (κ1) is 20.4. The van der Waals surface area contributed by atoms with Gasteiger partial charge in [-0.15, -0.1) is 0 Å². The van der Waals surface area contributed by atoms with Gasteiger partial charge in [0.2, 0.25) is 0 Å². The Hall–Kier alpha value is -1.92. The van der Waals surface area contributed by atoms with Crippen molar-refractivity contribution in [1.29, 1.82) is 0 Å². The van der Waals surface area contributed by atoms with Crippen molar-refractivity contribution < 1.29 is 19.8 Å². The average Bonchev–Trinajstić information content (AvgIpc) is 2.65. The van der Waals surface area contributed by atoms with E-state index in [1.54, 1.807) is 0 Å². The molecular weight excluding hydrogens is 332 g/mol. The molecule has 1 aliphatic heterocycles. The number of carbonyl (C=O) groups is 2. The molecule has 144 valence electrons. The lowest BCUT2D eigenvalue weighted by molar-refractivity contribution is -0.159. The van der Waals surface area contributed by atoms with Crippen LogP contribution in [0.3, 0.4) is 0 Å². The van der Waals surface area contributed by atoms with Crippen molar-refractivity contribution in [2.45, 2.75) is 51.6 Å². The van der Waals surface area contributed by atoms with Crippen LogP contribution in [0.4, 0.5) is 0 Å². The zero-order valence-electron chi connectivity index (χ0n) is 15.6. The second kappa shape index (κ2) is 10.3. The first-order valence-corrected chi connectivity index (χ1v) is 9.44. The average molecular weight is 362 g/mol. The number of aliphatic carboxylic acids is 2. The Kier molecular flexibility index (Phi) is 8.06. The minimum absolute atomic E-state index is 0.894. The Bertz CT molecular complexity index is 562. The summed E-state index contributed by atoms with van der Waals surface area (Å²) in [7, 11) is 0. The Labute approximate surface area is 155 Å². The van der Waals surface area contributed by atoms with Gasteiger partial charge in [0, 0.05) is 38.8 Å². The summed E-state index contributed by atoms with van der Waals surface area (Å²) in [6.07, 6.45) is 7.25. The van der Waals surface area contributed by atoms with Crippen molar-refractivity contribution in [3.63, 3.8) is 0 Å². The highest BCUT2D eigenvalue weighted by molar-refractivity contribution is 6.27. The van der Waals surface area contributed by atoms with Crippen LogP contribution in [-0.4, -0.2) is 64.2 Å². The molecule has 2 N–H and O–H groups in total. The maximum atomic E-state index is 9.10. The Morgan fingerprint density at radius 1 is 0.923 bits per heavy atom. The van der Waals surface area contributed by atoms with Gasteiger partial charge in [-0.3, -0.25) is 9.80 Å². The van der Waals surface area contributed by atoms with E-state index < -0.39 is 11.9 Å². The number of nitrogens with zero attached hydrogens (tertiary/aromatic N) is 2. The van der Waals surface area contributed by atoms with Gasteiger partial charge < -0.3 is 10.2 Å². The van der Waals surface area contributed by atoms with Crippen LogP contribution in [-0.2, 0) is 16.1 Å². The zero-order chi connectivity index (χ0) is 18.9. The first-order chi connectivity index (χ1) is 12.5. The minimum atomic E-state index is -1.82. The number of rotatable bonds is 3.